The van der Waals surface area contributed by atoms with Crippen LogP contribution in [0.3, 0.4) is 0 Å². The molecule has 0 saturated heterocycles. The average Bonchev–Trinajstić information content (AvgIpc) is 2.78. The normalized spacial score (nSPS) is 11.4. The van der Waals surface area contributed by atoms with E-state index in [1.807, 2.05) is 6.07 Å². The summed E-state index contributed by atoms with van der Waals surface area (Å²) in [5.41, 5.74) is 1.48. The third-order valence-corrected chi connectivity index (χ3v) is 6.21. The molecule has 33 heavy (non-hydrogen) atoms. The molecule has 0 bridgehead atoms. The van der Waals surface area contributed by atoms with Crippen LogP contribution in [0.15, 0.2) is 65.6 Å². The number of amides is 2. The molecule has 0 aliphatic rings. The summed E-state index contributed by atoms with van der Waals surface area (Å²) in [6.07, 6.45) is 0. The molecule has 0 fully saturated rings. The molecule has 9 heteroatoms. The fraction of sp³-hybridized carbons (Fsp3) is 0.167. The van der Waals surface area contributed by atoms with E-state index in [4.69, 9.17) is 32.7 Å². The van der Waals surface area contributed by atoms with Crippen molar-refractivity contribution in [3.8, 4) is 11.5 Å². The van der Waals surface area contributed by atoms with Gasteiger partial charge in [0.1, 0.15) is 11.5 Å². The van der Waals surface area contributed by atoms with Gasteiger partial charge in [-0.05, 0) is 43.3 Å². The van der Waals surface area contributed by atoms with Crippen molar-refractivity contribution in [2.24, 2.45) is 0 Å². The highest BCUT2D eigenvalue weighted by atomic mass is 35.5. The summed E-state index contributed by atoms with van der Waals surface area (Å²) in [6.45, 7) is 1.80. The topological polar surface area (TPSA) is 76.7 Å². The maximum absolute atomic E-state index is 12.7. The first kappa shape index (κ1) is 24.8. The number of methoxy groups -OCH3 is 2. The van der Waals surface area contributed by atoms with Crippen LogP contribution in [0.1, 0.15) is 17.3 Å². The second kappa shape index (κ2) is 11.3. The zero-order valence-corrected chi connectivity index (χ0v) is 20.5. The van der Waals surface area contributed by atoms with Gasteiger partial charge in [0.25, 0.3) is 5.91 Å². The van der Waals surface area contributed by atoms with Gasteiger partial charge in [-0.1, -0.05) is 29.3 Å². The van der Waals surface area contributed by atoms with Gasteiger partial charge in [-0.3, -0.25) is 9.59 Å². The monoisotopic (exact) mass is 504 g/mol. The number of ether oxygens (including phenoxy) is 2. The number of carbonyl (C=O) groups is 2. The quantitative estimate of drug-likeness (QED) is 0.348. The Morgan fingerprint density at radius 3 is 2.21 bits per heavy atom. The summed E-state index contributed by atoms with van der Waals surface area (Å²) in [7, 11) is 3.09. The minimum absolute atomic E-state index is 0.183. The molecule has 3 aromatic rings. The summed E-state index contributed by atoms with van der Waals surface area (Å²) in [5, 5.41) is 6.01. The van der Waals surface area contributed by atoms with E-state index in [2.05, 4.69) is 10.6 Å². The first-order valence-electron chi connectivity index (χ1n) is 9.86. The molecule has 0 aliphatic heterocycles. The molecule has 0 aliphatic carbocycles. The maximum atomic E-state index is 12.7. The lowest BCUT2D eigenvalue weighted by Gasteiger charge is -2.14. The first-order valence-corrected chi connectivity index (χ1v) is 11.5. The molecule has 2 amide bonds. The van der Waals surface area contributed by atoms with E-state index in [0.717, 1.165) is 4.90 Å². The Hall–Kier alpha value is -2.87. The highest BCUT2D eigenvalue weighted by molar-refractivity contribution is 8.00. The third-order valence-electron chi connectivity index (χ3n) is 4.57. The molecule has 172 valence electrons. The highest BCUT2D eigenvalue weighted by Crippen LogP contribution is 2.29. The summed E-state index contributed by atoms with van der Waals surface area (Å²) in [6, 6.07) is 17.1. The van der Waals surface area contributed by atoms with Crippen molar-refractivity contribution in [2.45, 2.75) is 17.1 Å². The van der Waals surface area contributed by atoms with Crippen LogP contribution < -0.4 is 20.1 Å². The van der Waals surface area contributed by atoms with Gasteiger partial charge in [0.2, 0.25) is 5.91 Å². The van der Waals surface area contributed by atoms with Crippen LogP contribution in [0.4, 0.5) is 11.4 Å². The number of halogens is 2. The van der Waals surface area contributed by atoms with E-state index >= 15 is 0 Å². The third kappa shape index (κ3) is 6.81. The Labute approximate surface area is 206 Å². The second-order valence-corrected chi connectivity index (χ2v) is 9.21. The van der Waals surface area contributed by atoms with E-state index in [-0.39, 0.29) is 16.8 Å². The van der Waals surface area contributed by atoms with E-state index in [9.17, 15) is 9.59 Å². The Bertz CT molecular complexity index is 1150. The standard InChI is InChI=1S/C24H22Cl2N2O4S/c1-14(23(29)28-17-10-18(31-2)13-19(11-17)32-3)33-20-6-4-5-16(12-20)27-24(30)21-8-7-15(25)9-22(21)26/h4-14H,1-3H3,(H,27,30)(H,28,29). The number of hydrogen-bond donors (Lipinski definition) is 2. The predicted molar refractivity (Wildman–Crippen MR) is 134 cm³/mol. The highest BCUT2D eigenvalue weighted by Gasteiger charge is 2.17. The van der Waals surface area contributed by atoms with E-state index in [0.29, 0.717) is 33.5 Å². The number of carbonyl (C=O) groups excluding carboxylic acids is 2. The molecule has 0 aromatic heterocycles. The van der Waals surface area contributed by atoms with Gasteiger partial charge in [-0.15, -0.1) is 11.8 Å². The van der Waals surface area contributed by atoms with Crippen molar-refractivity contribution in [1.29, 1.82) is 0 Å². The molecule has 3 rings (SSSR count). The van der Waals surface area contributed by atoms with Crippen molar-refractivity contribution in [3.63, 3.8) is 0 Å². The summed E-state index contributed by atoms with van der Waals surface area (Å²) < 4.78 is 10.5. The largest absolute Gasteiger partial charge is 0.497 e. The van der Waals surface area contributed by atoms with Crippen LogP contribution in [-0.2, 0) is 4.79 Å². The average molecular weight is 505 g/mol. The molecule has 0 saturated carbocycles. The molecule has 1 unspecified atom stereocenters. The zero-order chi connectivity index (χ0) is 24.0. The number of benzene rings is 3. The molecular formula is C24H22Cl2N2O4S. The van der Waals surface area contributed by atoms with Crippen molar-refractivity contribution in [1.82, 2.24) is 0 Å². The molecule has 0 radical (unpaired) electrons. The van der Waals surface area contributed by atoms with Crippen molar-refractivity contribution in [2.75, 3.05) is 24.9 Å². The number of rotatable bonds is 8. The Kier molecular flexibility index (Phi) is 8.49. The fourth-order valence-corrected chi connectivity index (χ4v) is 4.32. The Balaban J connectivity index is 1.65. The Morgan fingerprint density at radius 2 is 1.58 bits per heavy atom. The SMILES string of the molecule is COc1cc(NC(=O)C(C)Sc2cccc(NC(=O)c3ccc(Cl)cc3Cl)c2)cc(OC)c1. The van der Waals surface area contributed by atoms with Crippen LogP contribution >= 0.6 is 35.0 Å². The van der Waals surface area contributed by atoms with Gasteiger partial charge in [0.15, 0.2) is 0 Å². The van der Waals surface area contributed by atoms with E-state index in [1.54, 1.807) is 69.7 Å². The van der Waals surface area contributed by atoms with Crippen molar-refractivity contribution >= 4 is 58.2 Å². The number of hydrogen-bond acceptors (Lipinski definition) is 5. The summed E-state index contributed by atoms with van der Waals surface area (Å²) in [5.74, 6) is 0.623. The van der Waals surface area contributed by atoms with Gasteiger partial charge >= 0.3 is 0 Å². The minimum atomic E-state index is -0.404. The Morgan fingerprint density at radius 1 is 0.879 bits per heavy atom. The van der Waals surface area contributed by atoms with Gasteiger partial charge in [0, 0.05) is 39.5 Å². The van der Waals surface area contributed by atoms with Crippen molar-refractivity contribution < 1.29 is 19.1 Å². The minimum Gasteiger partial charge on any atom is -0.497 e. The van der Waals surface area contributed by atoms with Crippen LogP contribution in [0.2, 0.25) is 10.0 Å². The smallest absolute Gasteiger partial charge is 0.257 e. The van der Waals surface area contributed by atoms with Crippen LogP contribution in [0.5, 0.6) is 11.5 Å². The van der Waals surface area contributed by atoms with Gasteiger partial charge < -0.3 is 20.1 Å². The lowest BCUT2D eigenvalue weighted by Crippen LogP contribution is -2.22. The zero-order valence-electron chi connectivity index (χ0n) is 18.1. The van der Waals surface area contributed by atoms with E-state index < -0.39 is 5.25 Å². The molecular weight excluding hydrogens is 483 g/mol. The molecule has 6 nitrogen and oxygen atoms in total. The van der Waals surface area contributed by atoms with Crippen LogP contribution in [0.25, 0.3) is 0 Å². The molecule has 0 heterocycles. The van der Waals surface area contributed by atoms with Crippen molar-refractivity contribution in [3.05, 3.63) is 76.3 Å². The van der Waals surface area contributed by atoms with Gasteiger partial charge in [-0.2, -0.15) is 0 Å². The molecule has 1 atom stereocenters. The maximum Gasteiger partial charge on any atom is 0.257 e. The lowest BCUT2D eigenvalue weighted by atomic mass is 10.2. The number of anilines is 2. The summed E-state index contributed by atoms with van der Waals surface area (Å²) in [4.78, 5) is 26.1. The van der Waals surface area contributed by atoms with E-state index in [1.165, 1.54) is 17.8 Å². The number of nitrogens with one attached hydrogen (secondary N) is 2. The molecule has 2 N–H and O–H groups in total. The van der Waals surface area contributed by atoms with Crippen LogP contribution in [0, 0.1) is 0 Å². The molecule has 0 spiro atoms. The van der Waals surface area contributed by atoms with Crippen LogP contribution in [-0.4, -0.2) is 31.3 Å². The fourth-order valence-electron chi connectivity index (χ4n) is 2.90. The first-order chi connectivity index (χ1) is 15.8. The number of thioether (sulfide) groups is 1. The molecule has 3 aromatic carbocycles. The second-order valence-electron chi connectivity index (χ2n) is 6.96. The summed E-state index contributed by atoms with van der Waals surface area (Å²) >= 11 is 13.4. The van der Waals surface area contributed by atoms with Gasteiger partial charge in [0.05, 0.1) is 30.1 Å². The van der Waals surface area contributed by atoms with Gasteiger partial charge in [-0.25, -0.2) is 0 Å². The lowest BCUT2D eigenvalue weighted by molar-refractivity contribution is -0.115. The predicted octanol–water partition coefficient (Wildman–Crippen LogP) is 6.38.